The van der Waals surface area contributed by atoms with Crippen LogP contribution in [-0.4, -0.2) is 16.2 Å². The molecule has 0 saturated carbocycles. The molecule has 0 fully saturated rings. The van der Waals surface area contributed by atoms with E-state index in [1.165, 1.54) is 6.92 Å². The zero-order valence-corrected chi connectivity index (χ0v) is 7.03. The van der Waals surface area contributed by atoms with Crippen molar-refractivity contribution in [1.82, 2.24) is 5.16 Å². The number of H-pyrrole nitrogens is 1. The predicted octanol–water partition coefficient (Wildman–Crippen LogP) is -0.249. The Morgan fingerprint density at radius 2 is 2.38 bits per heavy atom. The van der Waals surface area contributed by atoms with Gasteiger partial charge in [-0.3, -0.25) is 9.59 Å². The fourth-order valence-electron chi connectivity index (χ4n) is 1.00. The number of aromatic nitrogens is 1. The molecule has 1 aromatic heterocycles. The molecule has 0 aliphatic heterocycles. The minimum atomic E-state index is -1.03. The predicted molar refractivity (Wildman–Crippen MR) is 43.2 cm³/mol. The number of nitrogens with two attached hydrogens (primary N) is 1. The summed E-state index contributed by atoms with van der Waals surface area (Å²) >= 11 is 0. The van der Waals surface area contributed by atoms with Gasteiger partial charge in [0, 0.05) is 0 Å². The average Bonchev–Trinajstić information content (AvgIpc) is 2.31. The van der Waals surface area contributed by atoms with Crippen LogP contribution < -0.4 is 11.3 Å². The van der Waals surface area contributed by atoms with Crippen LogP contribution in [0.3, 0.4) is 0 Å². The van der Waals surface area contributed by atoms with E-state index in [1.807, 2.05) is 0 Å². The molecule has 1 heterocycles. The summed E-state index contributed by atoms with van der Waals surface area (Å²) in [7, 11) is 0. The molecule has 1 aromatic rings. The first kappa shape index (κ1) is 9.53. The van der Waals surface area contributed by atoms with Gasteiger partial charge in [-0.2, -0.15) is 5.16 Å². The fourth-order valence-corrected chi connectivity index (χ4v) is 1.00. The second-order valence-corrected chi connectivity index (χ2v) is 2.73. The molecule has 72 valence electrons. The lowest BCUT2D eigenvalue weighted by atomic mass is 10.1. The van der Waals surface area contributed by atoms with Gasteiger partial charge in [0.15, 0.2) is 5.76 Å². The highest BCUT2D eigenvalue weighted by molar-refractivity contribution is 5.67. The van der Waals surface area contributed by atoms with Gasteiger partial charge in [-0.15, -0.1) is 0 Å². The lowest BCUT2D eigenvalue weighted by Gasteiger charge is -2.03. The molecular weight excluding hydrogens is 176 g/mol. The average molecular weight is 186 g/mol. The van der Waals surface area contributed by atoms with Crippen molar-refractivity contribution in [2.45, 2.75) is 19.4 Å². The van der Waals surface area contributed by atoms with Crippen LogP contribution in [0.4, 0.5) is 0 Å². The zero-order chi connectivity index (χ0) is 10.0. The summed E-state index contributed by atoms with van der Waals surface area (Å²) in [6.07, 6.45) is -0.262. The van der Waals surface area contributed by atoms with Gasteiger partial charge in [-0.05, 0) is 6.92 Å². The first-order chi connectivity index (χ1) is 6.02. The molecule has 1 unspecified atom stereocenters. The van der Waals surface area contributed by atoms with E-state index in [2.05, 4.69) is 5.16 Å². The molecule has 0 amide bonds. The summed E-state index contributed by atoms with van der Waals surface area (Å²) in [5.41, 5.74) is 5.43. The van der Waals surface area contributed by atoms with Gasteiger partial charge < -0.3 is 15.4 Å². The molecule has 0 spiro atoms. The van der Waals surface area contributed by atoms with Crippen molar-refractivity contribution in [2.75, 3.05) is 0 Å². The van der Waals surface area contributed by atoms with Gasteiger partial charge in [-0.25, -0.2) is 0 Å². The third kappa shape index (κ3) is 1.97. The lowest BCUT2D eigenvalue weighted by molar-refractivity contribution is -0.137. The highest BCUT2D eigenvalue weighted by Gasteiger charge is 2.18. The number of rotatable bonds is 3. The summed E-state index contributed by atoms with van der Waals surface area (Å²) in [6.45, 7) is 1.53. The number of aliphatic carboxylic acids is 1. The van der Waals surface area contributed by atoms with E-state index in [4.69, 9.17) is 15.4 Å². The summed E-state index contributed by atoms with van der Waals surface area (Å²) < 4.78 is 4.73. The molecule has 13 heavy (non-hydrogen) atoms. The quantitative estimate of drug-likeness (QED) is 0.603. The summed E-state index contributed by atoms with van der Waals surface area (Å²) in [5, 5.41) is 10.5. The third-order valence-corrected chi connectivity index (χ3v) is 1.70. The number of aromatic amines is 1. The molecule has 0 aromatic carbocycles. The van der Waals surface area contributed by atoms with E-state index in [0.29, 0.717) is 5.56 Å². The number of carboxylic acid groups (broad SMARTS) is 1. The molecule has 6 heteroatoms. The number of hydrogen-bond donors (Lipinski definition) is 3. The summed E-state index contributed by atoms with van der Waals surface area (Å²) in [6, 6.07) is -0.781. The highest BCUT2D eigenvalue weighted by Crippen LogP contribution is 2.14. The molecule has 0 bridgehead atoms. The summed E-state index contributed by atoms with van der Waals surface area (Å²) in [4.78, 5) is 21.2. The fraction of sp³-hybridized carbons (Fsp3) is 0.429. The Balaban J connectivity index is 2.88. The van der Waals surface area contributed by atoms with Gasteiger partial charge in [0.1, 0.15) is 0 Å². The molecule has 0 saturated heterocycles. The van der Waals surface area contributed by atoms with E-state index >= 15 is 0 Å². The Labute approximate surface area is 73.3 Å². The van der Waals surface area contributed by atoms with E-state index in [-0.39, 0.29) is 17.7 Å². The minimum absolute atomic E-state index is 0.201. The largest absolute Gasteiger partial charge is 0.481 e. The van der Waals surface area contributed by atoms with Crippen LogP contribution in [0, 0.1) is 6.92 Å². The van der Waals surface area contributed by atoms with Crippen LogP contribution in [0.25, 0.3) is 0 Å². The molecule has 1 rings (SSSR count). The highest BCUT2D eigenvalue weighted by atomic mass is 16.5. The van der Waals surface area contributed by atoms with Gasteiger partial charge in [0.25, 0.3) is 5.56 Å². The van der Waals surface area contributed by atoms with Crippen molar-refractivity contribution < 1.29 is 14.4 Å². The van der Waals surface area contributed by atoms with Crippen LogP contribution in [0.1, 0.15) is 23.8 Å². The lowest BCUT2D eigenvalue weighted by Crippen LogP contribution is -2.16. The first-order valence-corrected chi connectivity index (χ1v) is 3.67. The van der Waals surface area contributed by atoms with E-state index < -0.39 is 12.0 Å². The topological polar surface area (TPSA) is 109 Å². The third-order valence-electron chi connectivity index (χ3n) is 1.70. The zero-order valence-electron chi connectivity index (χ0n) is 7.03. The van der Waals surface area contributed by atoms with Crippen molar-refractivity contribution in [3.63, 3.8) is 0 Å². The normalized spacial score (nSPS) is 12.8. The number of nitrogens with one attached hydrogen (secondary N) is 1. The van der Waals surface area contributed by atoms with Crippen molar-refractivity contribution in [3.05, 3.63) is 21.7 Å². The maximum atomic E-state index is 10.9. The molecule has 1 atom stereocenters. The Morgan fingerprint density at radius 3 is 2.77 bits per heavy atom. The Hall–Kier alpha value is -1.56. The first-order valence-electron chi connectivity index (χ1n) is 3.67. The Bertz CT molecular complexity index is 365. The minimum Gasteiger partial charge on any atom is -0.481 e. The number of carbonyl (C=O) groups is 1. The molecule has 0 radical (unpaired) electrons. The Morgan fingerprint density at radius 1 is 1.77 bits per heavy atom. The number of carboxylic acids is 1. The molecule has 4 N–H and O–H groups in total. The summed E-state index contributed by atoms with van der Waals surface area (Å²) in [5.74, 6) is -0.830. The maximum Gasteiger partial charge on any atom is 0.305 e. The van der Waals surface area contributed by atoms with Gasteiger partial charge in [0.05, 0.1) is 18.0 Å². The Kier molecular flexibility index (Phi) is 2.52. The standard InChI is InChI=1S/C7H10N2O4/c1-3-6(13-9-7(3)12)4(8)2-5(10)11/h4H,2,8H2,1H3,(H,9,12)(H,10,11). The van der Waals surface area contributed by atoms with Crippen molar-refractivity contribution in [2.24, 2.45) is 5.73 Å². The van der Waals surface area contributed by atoms with Crippen LogP contribution >= 0.6 is 0 Å². The second-order valence-electron chi connectivity index (χ2n) is 2.73. The molecular formula is C7H10N2O4. The van der Waals surface area contributed by atoms with Gasteiger partial charge in [-0.1, -0.05) is 0 Å². The van der Waals surface area contributed by atoms with Gasteiger partial charge >= 0.3 is 5.97 Å². The van der Waals surface area contributed by atoms with Gasteiger partial charge in [0.2, 0.25) is 0 Å². The van der Waals surface area contributed by atoms with Crippen molar-refractivity contribution >= 4 is 5.97 Å². The van der Waals surface area contributed by atoms with Crippen LogP contribution in [-0.2, 0) is 4.79 Å². The van der Waals surface area contributed by atoms with E-state index in [9.17, 15) is 9.59 Å². The SMILES string of the molecule is Cc1c(C(N)CC(=O)O)o[nH]c1=O. The van der Waals surface area contributed by atoms with Crippen LogP contribution in [0.5, 0.6) is 0 Å². The van der Waals surface area contributed by atoms with Crippen molar-refractivity contribution in [3.8, 4) is 0 Å². The van der Waals surface area contributed by atoms with Crippen molar-refractivity contribution in [1.29, 1.82) is 0 Å². The number of hydrogen-bond acceptors (Lipinski definition) is 4. The monoisotopic (exact) mass is 186 g/mol. The van der Waals surface area contributed by atoms with Crippen LogP contribution in [0.2, 0.25) is 0 Å². The smallest absolute Gasteiger partial charge is 0.305 e. The second kappa shape index (κ2) is 3.44. The molecule has 6 nitrogen and oxygen atoms in total. The molecule has 0 aliphatic rings. The van der Waals surface area contributed by atoms with Crippen LogP contribution in [0.15, 0.2) is 9.32 Å². The van der Waals surface area contributed by atoms with E-state index in [0.717, 1.165) is 0 Å². The molecule has 0 aliphatic carbocycles. The van der Waals surface area contributed by atoms with E-state index in [1.54, 1.807) is 0 Å². The maximum absolute atomic E-state index is 10.9.